The van der Waals surface area contributed by atoms with Crippen LogP contribution in [0, 0.1) is 11.8 Å². The van der Waals surface area contributed by atoms with Crippen LogP contribution in [0.25, 0.3) is 0 Å². The van der Waals surface area contributed by atoms with Gasteiger partial charge in [-0.2, -0.15) is 0 Å². The number of carbonyl (C=O) groups excluding carboxylic acids is 1. The summed E-state index contributed by atoms with van der Waals surface area (Å²) in [4.78, 5) is 13.1. The monoisotopic (exact) mass is 335 g/mol. The molecule has 0 bridgehead atoms. The first-order valence-electron chi connectivity index (χ1n) is 8.57. The average molecular weight is 336 g/mol. The summed E-state index contributed by atoms with van der Waals surface area (Å²) in [6.45, 7) is 6.42. The Hall–Kier alpha value is -1.16. The fraction of sp³-hybridized carbons (Fsp3) is 0.632. The maximum absolute atomic E-state index is 11.7. The third-order valence-electron chi connectivity index (χ3n) is 4.13. The van der Waals surface area contributed by atoms with Gasteiger partial charge in [-0.3, -0.25) is 0 Å². The van der Waals surface area contributed by atoms with Gasteiger partial charge in [0.1, 0.15) is 5.60 Å². The minimum atomic E-state index is -0.420. The van der Waals surface area contributed by atoms with Crippen molar-refractivity contribution in [3.8, 4) is 0 Å². The van der Waals surface area contributed by atoms with Gasteiger partial charge in [-0.15, -0.1) is 11.8 Å². The Kier molecular flexibility index (Phi) is 6.82. The molecule has 0 spiro atoms. The quantitative estimate of drug-likeness (QED) is 0.760. The van der Waals surface area contributed by atoms with Crippen LogP contribution in [0.3, 0.4) is 0 Å². The smallest absolute Gasteiger partial charge is 0.407 e. The van der Waals surface area contributed by atoms with Crippen molar-refractivity contribution in [1.82, 2.24) is 5.32 Å². The Balaban J connectivity index is 1.61. The van der Waals surface area contributed by atoms with Crippen LogP contribution >= 0.6 is 11.8 Å². The van der Waals surface area contributed by atoms with Crippen molar-refractivity contribution in [2.75, 3.05) is 12.3 Å². The van der Waals surface area contributed by atoms with E-state index in [9.17, 15) is 4.79 Å². The zero-order valence-corrected chi connectivity index (χ0v) is 15.3. The van der Waals surface area contributed by atoms with E-state index in [1.165, 1.54) is 36.3 Å². The van der Waals surface area contributed by atoms with Crippen molar-refractivity contribution in [2.45, 2.75) is 57.0 Å². The van der Waals surface area contributed by atoms with Gasteiger partial charge < -0.3 is 10.1 Å². The molecule has 1 aliphatic carbocycles. The van der Waals surface area contributed by atoms with Crippen LogP contribution in [0.1, 0.15) is 46.5 Å². The molecular formula is C19H29NO2S. The van der Waals surface area contributed by atoms with Gasteiger partial charge in [0.05, 0.1) is 0 Å². The lowest BCUT2D eigenvalue weighted by molar-refractivity contribution is 0.0514. The predicted molar refractivity (Wildman–Crippen MR) is 96.9 cm³/mol. The second-order valence-electron chi connectivity index (χ2n) is 7.39. The summed E-state index contributed by atoms with van der Waals surface area (Å²) >= 11 is 1.96. The Morgan fingerprint density at radius 2 is 1.74 bits per heavy atom. The lowest BCUT2D eigenvalue weighted by atomic mass is 9.83. The van der Waals surface area contributed by atoms with E-state index in [1.54, 1.807) is 0 Å². The van der Waals surface area contributed by atoms with Gasteiger partial charge in [-0.05, 0) is 70.4 Å². The molecule has 0 saturated heterocycles. The maximum Gasteiger partial charge on any atom is 0.407 e. The number of amides is 1. The molecule has 1 N–H and O–H groups in total. The second-order valence-corrected chi connectivity index (χ2v) is 8.49. The molecule has 1 aromatic carbocycles. The third kappa shape index (κ3) is 7.30. The number of nitrogens with one attached hydrogen (secondary N) is 1. The van der Waals surface area contributed by atoms with Gasteiger partial charge in [-0.1, -0.05) is 18.2 Å². The van der Waals surface area contributed by atoms with Crippen LogP contribution < -0.4 is 5.32 Å². The highest BCUT2D eigenvalue weighted by atomic mass is 32.2. The molecule has 2 rings (SSSR count). The average Bonchev–Trinajstić information content (AvgIpc) is 2.51. The molecule has 128 valence electrons. The minimum Gasteiger partial charge on any atom is -0.444 e. The van der Waals surface area contributed by atoms with Crippen molar-refractivity contribution in [3.63, 3.8) is 0 Å². The van der Waals surface area contributed by atoms with Crippen molar-refractivity contribution in [3.05, 3.63) is 30.3 Å². The second kappa shape index (κ2) is 8.62. The minimum absolute atomic E-state index is 0.292. The van der Waals surface area contributed by atoms with Gasteiger partial charge >= 0.3 is 6.09 Å². The molecule has 0 unspecified atom stereocenters. The number of ether oxygens (including phenoxy) is 1. The predicted octanol–water partition coefficient (Wildman–Crippen LogP) is 5.11. The summed E-state index contributed by atoms with van der Waals surface area (Å²) in [5.74, 6) is 2.61. The molecule has 0 aliphatic heterocycles. The highest BCUT2D eigenvalue weighted by Gasteiger charge is 2.23. The van der Waals surface area contributed by atoms with Crippen LogP contribution in [0.2, 0.25) is 0 Å². The van der Waals surface area contributed by atoms with E-state index >= 15 is 0 Å². The summed E-state index contributed by atoms with van der Waals surface area (Å²) in [6, 6.07) is 10.6. The summed E-state index contributed by atoms with van der Waals surface area (Å²) in [7, 11) is 0. The number of hydrogen-bond acceptors (Lipinski definition) is 3. The summed E-state index contributed by atoms with van der Waals surface area (Å²) in [5.41, 5.74) is -0.420. The van der Waals surface area contributed by atoms with Crippen LogP contribution in [-0.4, -0.2) is 24.0 Å². The molecule has 1 fully saturated rings. The van der Waals surface area contributed by atoms with Gasteiger partial charge in [0, 0.05) is 17.2 Å². The molecular weight excluding hydrogens is 306 g/mol. The van der Waals surface area contributed by atoms with E-state index in [2.05, 4.69) is 35.6 Å². The largest absolute Gasteiger partial charge is 0.444 e. The maximum atomic E-state index is 11.7. The molecule has 1 aliphatic rings. The van der Waals surface area contributed by atoms with E-state index in [4.69, 9.17) is 4.74 Å². The molecule has 3 nitrogen and oxygen atoms in total. The summed E-state index contributed by atoms with van der Waals surface area (Å²) in [6.07, 6.45) is 4.64. The summed E-state index contributed by atoms with van der Waals surface area (Å²) in [5, 5.41) is 2.92. The molecule has 1 saturated carbocycles. The van der Waals surface area contributed by atoms with Crippen LogP contribution in [0.5, 0.6) is 0 Å². The lowest BCUT2D eigenvalue weighted by Gasteiger charge is -2.29. The van der Waals surface area contributed by atoms with Gasteiger partial charge in [0.2, 0.25) is 0 Å². The number of benzene rings is 1. The Morgan fingerprint density at radius 3 is 2.35 bits per heavy atom. The Labute approximate surface area is 144 Å². The first-order chi connectivity index (χ1) is 10.9. The molecule has 0 radical (unpaired) electrons. The molecule has 4 heteroatoms. The van der Waals surface area contributed by atoms with Gasteiger partial charge in [0.15, 0.2) is 0 Å². The fourth-order valence-corrected chi connectivity index (χ4v) is 3.99. The van der Waals surface area contributed by atoms with Crippen LogP contribution in [0.15, 0.2) is 35.2 Å². The number of carbonyl (C=O) groups is 1. The van der Waals surface area contributed by atoms with Gasteiger partial charge in [-0.25, -0.2) is 4.79 Å². The topological polar surface area (TPSA) is 38.3 Å². The highest BCUT2D eigenvalue weighted by molar-refractivity contribution is 7.99. The SMILES string of the molecule is CC(C)(C)OC(=O)NC[C@H]1CC[C@H](CSc2ccccc2)CC1. The Bertz CT molecular complexity index is 476. The number of hydrogen-bond donors (Lipinski definition) is 1. The first-order valence-corrected chi connectivity index (χ1v) is 9.55. The van der Waals surface area contributed by atoms with E-state index in [1.807, 2.05) is 32.5 Å². The van der Waals surface area contributed by atoms with Crippen LogP contribution in [0.4, 0.5) is 4.79 Å². The molecule has 1 aromatic rings. The third-order valence-corrected chi connectivity index (χ3v) is 5.37. The van der Waals surface area contributed by atoms with Crippen molar-refractivity contribution in [1.29, 1.82) is 0 Å². The summed E-state index contributed by atoms with van der Waals surface area (Å²) < 4.78 is 5.28. The molecule has 0 atom stereocenters. The number of rotatable bonds is 5. The van der Waals surface area contributed by atoms with Gasteiger partial charge in [0.25, 0.3) is 0 Å². The zero-order valence-electron chi connectivity index (χ0n) is 14.5. The lowest BCUT2D eigenvalue weighted by Crippen LogP contribution is -2.36. The fourth-order valence-electron chi connectivity index (χ4n) is 2.87. The molecule has 23 heavy (non-hydrogen) atoms. The zero-order chi connectivity index (χ0) is 16.7. The number of alkyl carbamates (subject to hydrolysis) is 1. The van der Waals surface area contributed by atoms with E-state index in [-0.39, 0.29) is 6.09 Å². The van der Waals surface area contributed by atoms with Crippen LogP contribution in [-0.2, 0) is 4.74 Å². The molecule has 0 aromatic heterocycles. The van der Waals surface area contributed by atoms with E-state index in [0.29, 0.717) is 5.92 Å². The van der Waals surface area contributed by atoms with E-state index < -0.39 is 5.60 Å². The van der Waals surface area contributed by atoms with Crippen molar-refractivity contribution >= 4 is 17.9 Å². The first kappa shape index (κ1) is 18.2. The normalized spacial score (nSPS) is 21.7. The van der Waals surface area contributed by atoms with Crippen molar-refractivity contribution in [2.24, 2.45) is 11.8 Å². The molecule has 0 heterocycles. The Morgan fingerprint density at radius 1 is 1.13 bits per heavy atom. The standard InChI is InChI=1S/C19H29NO2S/c1-19(2,3)22-18(21)20-13-15-9-11-16(12-10-15)14-23-17-7-5-4-6-8-17/h4-8,15-16H,9-14H2,1-3H3,(H,20,21)/t15-,16-. The van der Waals surface area contributed by atoms with Crippen molar-refractivity contribution < 1.29 is 9.53 Å². The number of thioether (sulfide) groups is 1. The molecule has 1 amide bonds. The van der Waals surface area contributed by atoms with E-state index in [0.717, 1.165) is 12.5 Å². The highest BCUT2D eigenvalue weighted by Crippen LogP contribution is 2.32.